The summed E-state index contributed by atoms with van der Waals surface area (Å²) in [5, 5.41) is 20.0. The smallest absolute Gasteiger partial charge is 1.00 e. The maximum atomic E-state index is 11.8. The van der Waals surface area contributed by atoms with Crippen molar-refractivity contribution >= 4 is 65.9 Å². The van der Waals surface area contributed by atoms with Crippen molar-refractivity contribution in [3.05, 3.63) is 71.8 Å². The summed E-state index contributed by atoms with van der Waals surface area (Å²) < 4.78 is 84.3. The molecule has 16 nitrogen and oxygen atoms in total. The van der Waals surface area contributed by atoms with Crippen LogP contribution in [0.15, 0.2) is 60.7 Å². The first-order chi connectivity index (χ1) is 32.4. The van der Waals surface area contributed by atoms with Gasteiger partial charge in [0.25, 0.3) is 0 Å². The zero-order chi connectivity index (χ0) is 48.6. The minimum absolute atomic E-state index is 0. The zero-order valence-electron chi connectivity index (χ0n) is 39.5. The molecule has 12 atom stereocenters. The van der Waals surface area contributed by atoms with Gasteiger partial charge in [-0.3, -0.25) is 19.2 Å². The topological polar surface area (TPSA) is 260 Å². The second-order valence-corrected chi connectivity index (χ2v) is 27.0. The van der Waals surface area contributed by atoms with E-state index in [-0.39, 0.29) is 102 Å². The van der Waals surface area contributed by atoms with Crippen LogP contribution in [-0.4, -0.2) is 130 Å². The summed E-state index contributed by atoms with van der Waals surface area (Å²) in [5.74, 6) is 2.86. The number of aliphatic hydroxyl groups excluding tert-OH is 2. The summed E-state index contributed by atoms with van der Waals surface area (Å²) in [5.41, 5.74) is 2.15. The molecule has 0 spiro atoms. The number of hydrogen-bond donors (Lipinski definition) is 2. The molecule has 2 aromatic rings. The van der Waals surface area contributed by atoms with Crippen molar-refractivity contribution in [1.29, 1.82) is 0 Å². The fourth-order valence-corrected chi connectivity index (χ4v) is 16.8. The number of esters is 4. The van der Waals surface area contributed by atoms with Gasteiger partial charge in [-0.25, -0.2) is 16.8 Å². The van der Waals surface area contributed by atoms with Crippen molar-refractivity contribution in [2.45, 2.75) is 121 Å². The molecule has 4 aliphatic carbocycles. The van der Waals surface area contributed by atoms with E-state index in [0.29, 0.717) is 59.3 Å². The molecule has 0 aromatic heterocycles. The van der Waals surface area contributed by atoms with Crippen molar-refractivity contribution in [3.8, 4) is 0 Å². The Morgan fingerprint density at radius 1 is 0.592 bits per heavy atom. The van der Waals surface area contributed by atoms with Crippen LogP contribution in [0.4, 0.5) is 0 Å². The van der Waals surface area contributed by atoms with Crippen LogP contribution >= 0.6 is 0 Å². The summed E-state index contributed by atoms with van der Waals surface area (Å²) in [6.07, 6.45) is 8.59. The van der Waals surface area contributed by atoms with Gasteiger partial charge in [-0.05, 0) is 122 Å². The molecule has 6 heterocycles. The average Bonchev–Trinajstić information content (AvgIpc) is 3.95. The largest absolute Gasteiger partial charge is 1.00 e. The minimum Gasteiger partial charge on any atom is -1.00 e. The number of ether oxygens (including phenoxy) is 4. The Bertz CT molecular complexity index is 2090. The normalized spacial score (nSPS) is 29.9. The fourth-order valence-electron chi connectivity index (χ4n) is 11.3. The molecule has 2 aromatic carbocycles. The van der Waals surface area contributed by atoms with E-state index >= 15 is 0 Å². The second kappa shape index (κ2) is 28.4. The van der Waals surface area contributed by atoms with Gasteiger partial charge in [0, 0.05) is 11.8 Å². The monoisotopic (exact) mass is 1140 g/mol. The van der Waals surface area contributed by atoms with Crippen molar-refractivity contribution in [2.24, 2.45) is 35.5 Å². The Kier molecular flexibility index (Phi) is 24.7. The van der Waals surface area contributed by atoms with E-state index < -0.39 is 68.1 Å². The van der Waals surface area contributed by atoms with Crippen molar-refractivity contribution in [3.63, 3.8) is 0 Å². The van der Waals surface area contributed by atoms with E-state index in [9.17, 15) is 55.3 Å². The summed E-state index contributed by atoms with van der Waals surface area (Å²) in [4.78, 5) is 46.6. The van der Waals surface area contributed by atoms with Gasteiger partial charge in [0.2, 0.25) is 0 Å². The summed E-state index contributed by atoms with van der Waals surface area (Å²) >= 11 is 0. The van der Waals surface area contributed by atoms with Crippen LogP contribution < -0.4 is 46.5 Å². The molecule has 6 saturated heterocycles. The molecule has 10 aliphatic rings. The van der Waals surface area contributed by atoms with Gasteiger partial charge in [-0.15, -0.1) is 0 Å². The van der Waals surface area contributed by atoms with E-state index in [1.54, 1.807) is 0 Å². The first-order valence-corrected chi connectivity index (χ1v) is 30.4. The number of rotatable bonds is 12. The maximum Gasteiger partial charge on any atom is 1.00 e. The molecule has 8 bridgehead atoms. The quantitative estimate of drug-likeness (QED) is 0.0808. The summed E-state index contributed by atoms with van der Waals surface area (Å²) in [6.45, 7) is 0. The van der Waals surface area contributed by atoms with Crippen molar-refractivity contribution < 1.29 is 121 Å². The third kappa shape index (κ3) is 18.8. The summed E-state index contributed by atoms with van der Waals surface area (Å²) in [7, 11) is -8.32. The first kappa shape index (κ1) is 61.8. The van der Waals surface area contributed by atoms with Crippen LogP contribution in [0.2, 0.25) is 0 Å². The van der Waals surface area contributed by atoms with E-state index in [0.717, 1.165) is 48.3 Å². The predicted molar refractivity (Wildman–Crippen MR) is 258 cm³/mol. The first-order valence-electron chi connectivity index (χ1n) is 23.8. The molecule has 2 N–H and O–H groups in total. The minimum atomic E-state index is -4.65. The van der Waals surface area contributed by atoms with Crippen LogP contribution in [-0.2, 0) is 80.2 Å². The second-order valence-electron chi connectivity index (χ2n) is 19.4. The molecule has 22 heteroatoms. The van der Waals surface area contributed by atoms with Crippen molar-refractivity contribution in [2.75, 3.05) is 46.0 Å². The third-order valence-corrected chi connectivity index (χ3v) is 20.4. The molecule has 0 radical (unpaired) electrons. The number of fused-ring (bicyclic) bond motifs is 2. The van der Waals surface area contributed by atoms with Crippen LogP contribution in [0.25, 0.3) is 0 Å². The molecular formula is C49H68BrNaO16S4. The molecule has 12 rings (SSSR count). The number of aliphatic hydroxyl groups is 2. The van der Waals surface area contributed by atoms with E-state index in [1.807, 2.05) is 60.7 Å². The molecule has 71 heavy (non-hydrogen) atoms. The van der Waals surface area contributed by atoms with Crippen LogP contribution in [0.3, 0.4) is 0 Å². The van der Waals surface area contributed by atoms with Gasteiger partial charge in [0.1, 0.15) is 103 Å². The Labute approximate surface area is 457 Å². The number of carbonyl (C=O) groups is 4. The predicted octanol–water partition coefficient (Wildman–Crippen LogP) is -1.48. The summed E-state index contributed by atoms with van der Waals surface area (Å²) in [6, 6.07) is 20.0. The molecule has 12 unspecified atom stereocenters. The standard InChI is InChI=1S/2C12H16O7S.2C12H17OS.CH4.BrH.Na/c2*13-10(5-20(15,16)17)19-11-7-1-6-2-8(4-7)12(14)18-9(11)3-6;2*13-12(10-14-8-4-5-9-14)11-6-2-1-3-7-11;;;/h2*6-9,11H,1-5H2,(H,15,16,17);2*1-3,6-7,12-13H,4-5,8-10H2;1H4;1H;/q;;2*+1;;;+1/p-3. The number of hydrogen-bond acceptors (Lipinski definition) is 16. The van der Waals surface area contributed by atoms with Gasteiger partial charge in [0.05, 0.1) is 11.8 Å². The molecule has 6 aliphatic heterocycles. The Morgan fingerprint density at radius 3 is 1.25 bits per heavy atom. The molecule has 392 valence electrons. The zero-order valence-corrected chi connectivity index (χ0v) is 46.3. The van der Waals surface area contributed by atoms with Crippen molar-refractivity contribution in [1.82, 2.24) is 0 Å². The molecule has 0 amide bonds. The molecule has 10 fully saturated rings. The molecular weight excluding hydrogens is 1080 g/mol. The van der Waals surface area contributed by atoms with Gasteiger partial charge in [0.15, 0.2) is 0 Å². The van der Waals surface area contributed by atoms with Gasteiger partial charge in [-0.1, -0.05) is 68.1 Å². The Morgan fingerprint density at radius 2 is 0.930 bits per heavy atom. The van der Waals surface area contributed by atoms with Gasteiger partial charge < -0.3 is 55.2 Å². The van der Waals surface area contributed by atoms with E-state index in [2.05, 4.69) is 0 Å². The van der Waals surface area contributed by atoms with E-state index in [4.69, 9.17) is 18.9 Å². The number of benzene rings is 2. The average molecular weight is 1140 g/mol. The fraction of sp³-hybridized carbons (Fsp3) is 0.673. The van der Waals surface area contributed by atoms with Crippen LogP contribution in [0, 0.1) is 35.5 Å². The van der Waals surface area contributed by atoms with Crippen LogP contribution in [0.1, 0.15) is 108 Å². The number of carbonyl (C=O) groups excluding carboxylic acids is 4. The maximum absolute atomic E-state index is 11.8. The van der Waals surface area contributed by atoms with Gasteiger partial charge >= 0.3 is 53.4 Å². The van der Waals surface area contributed by atoms with E-state index in [1.165, 1.54) is 48.7 Å². The number of halogens is 1. The molecule has 4 saturated carbocycles. The van der Waals surface area contributed by atoms with Crippen LogP contribution in [0.5, 0.6) is 0 Å². The third-order valence-electron chi connectivity index (χ3n) is 14.2. The Balaban J connectivity index is 0.000000206. The SMILES string of the molecule is C.O=C(CS(=O)(=O)[O-])OC1C2CC3CC(C2)C(=O)OC1C3.O=C(CS(=O)(=O)[O-])OC1C2CC3CC(C2)C(=O)OC1C3.OC(C[S+]1CCCC1)c1ccccc1.OC(C[S+]1CCCC1)c1ccccc1.[Br-].[Na+]. The Hall–Kier alpha value is -1.76. The van der Waals surface area contributed by atoms with Gasteiger partial charge in [-0.2, -0.15) is 0 Å².